The highest BCUT2D eigenvalue weighted by Gasteiger charge is 2.07. The van der Waals surface area contributed by atoms with Crippen molar-refractivity contribution in [1.82, 2.24) is 0 Å². The van der Waals surface area contributed by atoms with Crippen molar-refractivity contribution in [3.63, 3.8) is 0 Å². The van der Waals surface area contributed by atoms with Gasteiger partial charge in [-0.1, -0.05) is 58.0 Å². The number of hydrogen-bond donors (Lipinski definition) is 0. The molecule has 4 heteroatoms. The quantitative estimate of drug-likeness (QED) is 0.609. The van der Waals surface area contributed by atoms with Gasteiger partial charge in [-0.2, -0.15) is 0 Å². The van der Waals surface area contributed by atoms with Gasteiger partial charge in [0.1, 0.15) is 0 Å². The van der Waals surface area contributed by atoms with Crippen molar-refractivity contribution in [1.29, 1.82) is 0 Å². The Morgan fingerprint density at radius 2 is 1.09 bits per heavy atom. The predicted molar refractivity (Wildman–Crippen MR) is 95.8 cm³/mol. The summed E-state index contributed by atoms with van der Waals surface area (Å²) >= 11 is 0. The van der Waals surface area contributed by atoms with Crippen molar-refractivity contribution in [2.75, 3.05) is 27.4 Å². The fourth-order valence-corrected chi connectivity index (χ4v) is 4.61. The Morgan fingerprint density at radius 3 is 1.50 bits per heavy atom. The molecule has 2 aromatic carbocycles. The first-order valence-electron chi connectivity index (χ1n) is 7.33. The molecular formula is C18H22O2S2. The van der Waals surface area contributed by atoms with Crippen LogP contribution in [0.4, 0.5) is 0 Å². The van der Waals surface area contributed by atoms with Gasteiger partial charge in [0.25, 0.3) is 0 Å². The number of ether oxygens (including phenoxy) is 2. The Hall–Kier alpha value is -0.940. The van der Waals surface area contributed by atoms with Crippen LogP contribution in [0.25, 0.3) is 0 Å². The van der Waals surface area contributed by atoms with E-state index in [1.165, 1.54) is 20.9 Å². The number of methoxy groups -OCH3 is 2. The van der Waals surface area contributed by atoms with Crippen LogP contribution in [0, 0.1) is 0 Å². The molecule has 0 aromatic heterocycles. The van der Waals surface area contributed by atoms with Gasteiger partial charge in [-0.25, -0.2) is 0 Å². The molecular weight excluding hydrogens is 312 g/mol. The number of rotatable bonds is 9. The monoisotopic (exact) mass is 334 g/mol. The van der Waals surface area contributed by atoms with Crippen molar-refractivity contribution < 1.29 is 9.47 Å². The third-order valence-corrected chi connectivity index (χ3v) is 5.88. The molecule has 0 aliphatic rings. The van der Waals surface area contributed by atoms with Crippen LogP contribution in [0.1, 0.15) is 11.1 Å². The standard InChI is InChI=1S/C18H22O2S2/c1-19-13-11-15-7-3-5-9-17(15)21-22-18-10-6-4-8-16(18)12-14-20-2/h3-10H,11-14H2,1-2H3. The summed E-state index contributed by atoms with van der Waals surface area (Å²) in [5.74, 6) is 0. The minimum Gasteiger partial charge on any atom is -0.384 e. The van der Waals surface area contributed by atoms with E-state index >= 15 is 0 Å². The minimum absolute atomic E-state index is 0.757. The van der Waals surface area contributed by atoms with Crippen molar-refractivity contribution in [2.24, 2.45) is 0 Å². The fraction of sp³-hybridized carbons (Fsp3) is 0.333. The molecule has 0 aliphatic heterocycles. The van der Waals surface area contributed by atoms with Gasteiger partial charge in [0.05, 0.1) is 13.2 Å². The van der Waals surface area contributed by atoms with Crippen LogP contribution in [0.3, 0.4) is 0 Å². The summed E-state index contributed by atoms with van der Waals surface area (Å²) in [4.78, 5) is 2.62. The Bertz CT molecular complexity index is 521. The molecule has 2 nitrogen and oxygen atoms in total. The molecule has 0 heterocycles. The Balaban J connectivity index is 2.04. The molecule has 22 heavy (non-hydrogen) atoms. The lowest BCUT2D eigenvalue weighted by atomic mass is 10.2. The molecule has 0 aliphatic carbocycles. The van der Waals surface area contributed by atoms with Gasteiger partial charge in [-0.15, -0.1) is 0 Å². The normalized spacial score (nSPS) is 10.8. The molecule has 0 saturated carbocycles. The first-order chi connectivity index (χ1) is 10.8. The molecule has 0 spiro atoms. The molecule has 0 atom stereocenters. The van der Waals surface area contributed by atoms with Gasteiger partial charge in [-0.05, 0) is 36.1 Å². The van der Waals surface area contributed by atoms with E-state index in [1.54, 1.807) is 14.2 Å². The summed E-state index contributed by atoms with van der Waals surface area (Å²) in [5, 5.41) is 0. The van der Waals surface area contributed by atoms with Crippen molar-refractivity contribution in [3.05, 3.63) is 59.7 Å². The molecule has 0 unspecified atom stereocenters. The summed E-state index contributed by atoms with van der Waals surface area (Å²) in [5.41, 5.74) is 2.69. The molecule has 2 aromatic rings. The highest BCUT2D eigenvalue weighted by molar-refractivity contribution is 8.76. The molecule has 0 N–H and O–H groups in total. The van der Waals surface area contributed by atoms with Gasteiger partial charge in [-0.3, -0.25) is 0 Å². The first kappa shape index (κ1) is 17.4. The minimum atomic E-state index is 0.757. The van der Waals surface area contributed by atoms with Crippen LogP contribution in [0.2, 0.25) is 0 Å². The van der Waals surface area contributed by atoms with E-state index in [4.69, 9.17) is 9.47 Å². The maximum atomic E-state index is 5.20. The van der Waals surface area contributed by atoms with Crippen LogP contribution in [-0.4, -0.2) is 27.4 Å². The van der Waals surface area contributed by atoms with Crippen molar-refractivity contribution >= 4 is 21.6 Å². The smallest absolute Gasteiger partial charge is 0.0503 e. The van der Waals surface area contributed by atoms with Gasteiger partial charge in [0, 0.05) is 24.0 Å². The Labute approximate surface area is 141 Å². The predicted octanol–water partition coefficient (Wildman–Crippen LogP) is 4.86. The maximum Gasteiger partial charge on any atom is 0.0503 e. The second-order valence-electron chi connectivity index (χ2n) is 4.87. The van der Waals surface area contributed by atoms with Crippen LogP contribution in [0.5, 0.6) is 0 Å². The molecule has 0 amide bonds. The fourth-order valence-electron chi connectivity index (χ4n) is 2.10. The lowest BCUT2D eigenvalue weighted by Gasteiger charge is -2.10. The van der Waals surface area contributed by atoms with Crippen LogP contribution < -0.4 is 0 Å². The molecule has 118 valence electrons. The molecule has 0 bridgehead atoms. The Kier molecular flexibility index (Phi) is 7.88. The van der Waals surface area contributed by atoms with Gasteiger partial charge < -0.3 is 9.47 Å². The summed E-state index contributed by atoms with van der Waals surface area (Å²) in [6, 6.07) is 17.1. The maximum absolute atomic E-state index is 5.20. The largest absolute Gasteiger partial charge is 0.384 e. The molecule has 2 rings (SSSR count). The third-order valence-electron chi connectivity index (χ3n) is 3.32. The second kappa shape index (κ2) is 9.95. The molecule has 0 saturated heterocycles. The lowest BCUT2D eigenvalue weighted by Crippen LogP contribution is -1.96. The average Bonchev–Trinajstić information content (AvgIpc) is 2.57. The van der Waals surface area contributed by atoms with Crippen molar-refractivity contribution in [2.45, 2.75) is 22.6 Å². The Morgan fingerprint density at radius 1 is 0.682 bits per heavy atom. The van der Waals surface area contributed by atoms with Crippen LogP contribution in [0.15, 0.2) is 58.3 Å². The van der Waals surface area contributed by atoms with Gasteiger partial charge in [0.2, 0.25) is 0 Å². The van der Waals surface area contributed by atoms with Crippen LogP contribution in [-0.2, 0) is 22.3 Å². The summed E-state index contributed by atoms with van der Waals surface area (Å²) in [6.07, 6.45) is 1.90. The van der Waals surface area contributed by atoms with E-state index in [1.807, 2.05) is 21.6 Å². The molecule has 0 fully saturated rings. The van der Waals surface area contributed by atoms with Crippen molar-refractivity contribution in [3.8, 4) is 0 Å². The number of hydrogen-bond acceptors (Lipinski definition) is 4. The zero-order valence-corrected chi connectivity index (χ0v) is 14.7. The average molecular weight is 335 g/mol. The van der Waals surface area contributed by atoms with E-state index in [-0.39, 0.29) is 0 Å². The highest BCUT2D eigenvalue weighted by atomic mass is 33.1. The zero-order valence-electron chi connectivity index (χ0n) is 13.1. The van der Waals surface area contributed by atoms with E-state index in [0.717, 1.165) is 26.1 Å². The lowest BCUT2D eigenvalue weighted by molar-refractivity contribution is 0.201. The van der Waals surface area contributed by atoms with E-state index < -0.39 is 0 Å². The third kappa shape index (κ3) is 5.36. The SMILES string of the molecule is COCCc1ccccc1SSc1ccccc1CCOC. The zero-order chi connectivity index (χ0) is 15.6. The van der Waals surface area contributed by atoms with E-state index in [2.05, 4.69) is 48.5 Å². The summed E-state index contributed by atoms with van der Waals surface area (Å²) in [7, 11) is 7.13. The summed E-state index contributed by atoms with van der Waals surface area (Å²) in [6.45, 7) is 1.51. The first-order valence-corrected chi connectivity index (χ1v) is 9.48. The van der Waals surface area contributed by atoms with E-state index in [0.29, 0.717) is 0 Å². The van der Waals surface area contributed by atoms with Crippen LogP contribution >= 0.6 is 21.6 Å². The topological polar surface area (TPSA) is 18.5 Å². The number of benzene rings is 2. The molecule has 0 radical (unpaired) electrons. The van der Waals surface area contributed by atoms with Gasteiger partial charge in [0.15, 0.2) is 0 Å². The van der Waals surface area contributed by atoms with Gasteiger partial charge >= 0.3 is 0 Å². The van der Waals surface area contributed by atoms with E-state index in [9.17, 15) is 0 Å². The second-order valence-corrected chi connectivity index (χ2v) is 7.08. The highest BCUT2D eigenvalue weighted by Crippen LogP contribution is 2.40. The summed E-state index contributed by atoms with van der Waals surface area (Å²) < 4.78 is 10.4.